The fourth-order valence-electron chi connectivity index (χ4n) is 3.59. The van der Waals surface area contributed by atoms with Gasteiger partial charge in [-0.25, -0.2) is 0 Å². The number of benzene rings is 1. The van der Waals surface area contributed by atoms with E-state index in [4.69, 9.17) is 0 Å². The molecule has 1 aromatic carbocycles. The molecule has 0 unspecified atom stereocenters. The number of aromatic nitrogens is 1. The first-order chi connectivity index (χ1) is 12.0. The molecule has 0 saturated carbocycles. The zero-order chi connectivity index (χ0) is 18.0. The first-order valence-electron chi connectivity index (χ1n) is 9.07. The van der Waals surface area contributed by atoms with Crippen molar-refractivity contribution in [1.29, 1.82) is 0 Å². The predicted molar refractivity (Wildman–Crippen MR) is 99.2 cm³/mol. The lowest BCUT2D eigenvalue weighted by Gasteiger charge is -2.23. The normalized spacial score (nSPS) is 15.7. The van der Waals surface area contributed by atoms with Gasteiger partial charge in [0.05, 0.1) is 6.42 Å². The van der Waals surface area contributed by atoms with Crippen LogP contribution in [0, 0.1) is 5.92 Å². The summed E-state index contributed by atoms with van der Waals surface area (Å²) in [6.45, 7) is 6.59. The van der Waals surface area contributed by atoms with Gasteiger partial charge < -0.3 is 14.4 Å². The smallest absolute Gasteiger partial charge is 0.227 e. The fourth-order valence-corrected chi connectivity index (χ4v) is 3.59. The van der Waals surface area contributed by atoms with Gasteiger partial charge in [0.1, 0.15) is 0 Å². The molecule has 5 heteroatoms. The van der Waals surface area contributed by atoms with Crippen molar-refractivity contribution in [1.82, 2.24) is 14.4 Å². The molecule has 1 aliphatic rings. The van der Waals surface area contributed by atoms with E-state index in [0.29, 0.717) is 19.5 Å². The Morgan fingerprint density at radius 1 is 1.04 bits per heavy atom. The molecule has 3 rings (SSSR count). The second-order valence-electron chi connectivity index (χ2n) is 7.17. The summed E-state index contributed by atoms with van der Waals surface area (Å²) >= 11 is 0. The van der Waals surface area contributed by atoms with Gasteiger partial charge in [-0.1, -0.05) is 32.0 Å². The first kappa shape index (κ1) is 17.5. The highest BCUT2D eigenvalue weighted by atomic mass is 16.2. The van der Waals surface area contributed by atoms with Crippen LogP contribution in [0.4, 0.5) is 0 Å². The van der Waals surface area contributed by atoms with Crippen LogP contribution in [0.5, 0.6) is 0 Å². The van der Waals surface area contributed by atoms with E-state index in [9.17, 15) is 9.59 Å². The van der Waals surface area contributed by atoms with Crippen molar-refractivity contribution in [2.45, 2.75) is 26.7 Å². The van der Waals surface area contributed by atoms with E-state index in [0.717, 1.165) is 36.0 Å². The van der Waals surface area contributed by atoms with Gasteiger partial charge in [-0.2, -0.15) is 0 Å². The van der Waals surface area contributed by atoms with E-state index < -0.39 is 0 Å². The van der Waals surface area contributed by atoms with Crippen LogP contribution in [0.3, 0.4) is 0 Å². The van der Waals surface area contributed by atoms with Crippen molar-refractivity contribution >= 4 is 22.7 Å². The molecule has 1 aliphatic heterocycles. The SMILES string of the molecule is CC(C)C(=O)N1CCCN(C(=O)Cc2cn(C)c3ccccc23)CC1. The zero-order valence-corrected chi connectivity index (χ0v) is 15.4. The number of aryl methyl sites for hydroxylation is 1. The predicted octanol–water partition coefficient (Wildman–Crippen LogP) is 2.44. The minimum atomic E-state index is 0.0120. The van der Waals surface area contributed by atoms with Crippen molar-refractivity contribution in [3.8, 4) is 0 Å². The van der Waals surface area contributed by atoms with Gasteiger partial charge in [0.25, 0.3) is 0 Å². The molecule has 5 nitrogen and oxygen atoms in total. The van der Waals surface area contributed by atoms with Crippen molar-refractivity contribution in [3.05, 3.63) is 36.0 Å². The van der Waals surface area contributed by atoms with Gasteiger partial charge in [-0.15, -0.1) is 0 Å². The quantitative estimate of drug-likeness (QED) is 0.861. The van der Waals surface area contributed by atoms with Crippen LogP contribution in [-0.2, 0) is 23.1 Å². The number of carbonyl (C=O) groups excluding carboxylic acids is 2. The minimum Gasteiger partial charge on any atom is -0.350 e. The van der Waals surface area contributed by atoms with Gasteiger partial charge in [0.15, 0.2) is 0 Å². The second-order valence-corrected chi connectivity index (χ2v) is 7.17. The Labute approximate surface area is 149 Å². The summed E-state index contributed by atoms with van der Waals surface area (Å²) in [7, 11) is 2.01. The van der Waals surface area contributed by atoms with E-state index in [1.54, 1.807) is 0 Å². The molecule has 0 radical (unpaired) electrons. The maximum Gasteiger partial charge on any atom is 0.227 e. The van der Waals surface area contributed by atoms with Crippen LogP contribution in [0.1, 0.15) is 25.8 Å². The molecule has 1 saturated heterocycles. The number of hydrogen-bond acceptors (Lipinski definition) is 2. The molecule has 0 bridgehead atoms. The fraction of sp³-hybridized carbons (Fsp3) is 0.500. The average Bonchev–Trinajstić information content (AvgIpc) is 2.78. The standard InChI is InChI=1S/C20H27N3O2/c1-15(2)20(25)23-10-6-9-22(11-12-23)19(24)13-16-14-21(3)18-8-5-4-7-17(16)18/h4-5,7-8,14-15H,6,9-13H2,1-3H3. The van der Waals surface area contributed by atoms with Gasteiger partial charge in [-0.05, 0) is 18.1 Å². The van der Waals surface area contributed by atoms with Crippen LogP contribution in [0.25, 0.3) is 10.9 Å². The molecular weight excluding hydrogens is 314 g/mol. The minimum absolute atomic E-state index is 0.0120. The summed E-state index contributed by atoms with van der Waals surface area (Å²) in [5.74, 6) is 0.344. The Balaban J connectivity index is 1.68. The summed E-state index contributed by atoms with van der Waals surface area (Å²) < 4.78 is 2.07. The highest BCUT2D eigenvalue weighted by Gasteiger charge is 2.24. The number of amides is 2. The van der Waals surface area contributed by atoms with Crippen LogP contribution in [0.15, 0.2) is 30.5 Å². The van der Waals surface area contributed by atoms with Gasteiger partial charge in [0.2, 0.25) is 11.8 Å². The van der Waals surface area contributed by atoms with Crippen molar-refractivity contribution in [3.63, 3.8) is 0 Å². The highest BCUT2D eigenvalue weighted by Crippen LogP contribution is 2.21. The van der Waals surface area contributed by atoms with Crippen molar-refractivity contribution in [2.24, 2.45) is 13.0 Å². The third-order valence-corrected chi connectivity index (χ3v) is 4.98. The van der Waals surface area contributed by atoms with Crippen molar-refractivity contribution < 1.29 is 9.59 Å². The third kappa shape index (κ3) is 3.70. The summed E-state index contributed by atoms with van der Waals surface area (Å²) in [4.78, 5) is 28.8. The maximum atomic E-state index is 12.8. The molecule has 0 N–H and O–H groups in total. The molecule has 0 aliphatic carbocycles. The van der Waals surface area contributed by atoms with E-state index in [1.807, 2.05) is 42.8 Å². The Morgan fingerprint density at radius 3 is 2.48 bits per heavy atom. The molecule has 1 fully saturated rings. The Bertz CT molecular complexity index is 778. The molecule has 2 heterocycles. The molecule has 1 aromatic heterocycles. The average molecular weight is 341 g/mol. The number of hydrogen-bond donors (Lipinski definition) is 0. The molecule has 2 amide bonds. The van der Waals surface area contributed by atoms with Gasteiger partial charge >= 0.3 is 0 Å². The van der Waals surface area contributed by atoms with Crippen LogP contribution in [0.2, 0.25) is 0 Å². The van der Waals surface area contributed by atoms with Gasteiger partial charge in [-0.3, -0.25) is 9.59 Å². The highest BCUT2D eigenvalue weighted by molar-refractivity contribution is 5.89. The Morgan fingerprint density at radius 2 is 1.72 bits per heavy atom. The lowest BCUT2D eigenvalue weighted by Crippen LogP contribution is -2.39. The summed E-state index contributed by atoms with van der Waals surface area (Å²) in [5, 5.41) is 1.14. The molecular formula is C20H27N3O2. The zero-order valence-electron chi connectivity index (χ0n) is 15.4. The first-order valence-corrected chi connectivity index (χ1v) is 9.07. The molecule has 2 aromatic rings. The van der Waals surface area contributed by atoms with Gasteiger partial charge in [0, 0.05) is 56.2 Å². The van der Waals surface area contributed by atoms with Crippen LogP contribution >= 0.6 is 0 Å². The van der Waals surface area contributed by atoms with E-state index in [1.165, 1.54) is 0 Å². The molecule has 134 valence electrons. The van der Waals surface area contributed by atoms with E-state index in [-0.39, 0.29) is 17.7 Å². The lowest BCUT2D eigenvalue weighted by molar-refractivity contribution is -0.135. The number of nitrogens with zero attached hydrogens (tertiary/aromatic N) is 3. The van der Waals surface area contributed by atoms with E-state index in [2.05, 4.69) is 22.9 Å². The second kappa shape index (κ2) is 7.30. The largest absolute Gasteiger partial charge is 0.350 e. The number of fused-ring (bicyclic) bond motifs is 1. The number of para-hydroxylation sites is 1. The Kier molecular flexibility index (Phi) is 5.11. The Hall–Kier alpha value is -2.30. The number of carbonyl (C=O) groups is 2. The molecule has 0 spiro atoms. The van der Waals surface area contributed by atoms with Crippen LogP contribution < -0.4 is 0 Å². The third-order valence-electron chi connectivity index (χ3n) is 4.98. The molecule has 25 heavy (non-hydrogen) atoms. The van der Waals surface area contributed by atoms with Crippen LogP contribution in [-0.4, -0.2) is 52.4 Å². The monoisotopic (exact) mass is 341 g/mol. The number of rotatable bonds is 3. The van der Waals surface area contributed by atoms with E-state index >= 15 is 0 Å². The van der Waals surface area contributed by atoms with Crippen molar-refractivity contribution in [2.75, 3.05) is 26.2 Å². The summed E-state index contributed by atoms with van der Waals surface area (Å²) in [6.07, 6.45) is 3.31. The lowest BCUT2D eigenvalue weighted by atomic mass is 10.1. The summed E-state index contributed by atoms with van der Waals surface area (Å²) in [5.41, 5.74) is 2.22. The topological polar surface area (TPSA) is 45.6 Å². The molecule has 0 atom stereocenters. The summed E-state index contributed by atoms with van der Waals surface area (Å²) in [6, 6.07) is 8.18. The maximum absolute atomic E-state index is 12.8.